The molecule has 1 amide bonds. The van der Waals surface area contributed by atoms with Crippen LogP contribution in [0.15, 0.2) is 18.2 Å². The zero-order valence-corrected chi connectivity index (χ0v) is 13.1. The molecule has 2 rings (SSSR count). The van der Waals surface area contributed by atoms with E-state index in [-0.39, 0.29) is 5.91 Å². The SMILES string of the molecule is Cc1cc(C)cc(CCC(=O)NC2(C(=O)O)CCOCC2)c1. The van der Waals surface area contributed by atoms with Crippen LogP contribution in [0.3, 0.4) is 0 Å². The molecule has 5 heteroatoms. The smallest absolute Gasteiger partial charge is 0.329 e. The van der Waals surface area contributed by atoms with Gasteiger partial charge in [0, 0.05) is 32.5 Å². The number of carboxylic acids is 1. The van der Waals surface area contributed by atoms with E-state index in [1.165, 1.54) is 11.1 Å². The normalized spacial score (nSPS) is 17.0. The van der Waals surface area contributed by atoms with Crippen molar-refractivity contribution in [1.82, 2.24) is 5.32 Å². The number of rotatable bonds is 5. The molecule has 1 heterocycles. The number of hydrogen-bond acceptors (Lipinski definition) is 3. The highest BCUT2D eigenvalue weighted by atomic mass is 16.5. The molecule has 0 aromatic heterocycles. The lowest BCUT2D eigenvalue weighted by Gasteiger charge is -2.33. The number of aliphatic carboxylic acids is 1. The minimum absolute atomic E-state index is 0.219. The maximum atomic E-state index is 12.1. The number of aryl methyl sites for hydroxylation is 3. The largest absolute Gasteiger partial charge is 0.480 e. The van der Waals surface area contributed by atoms with Crippen LogP contribution in [-0.2, 0) is 20.7 Å². The summed E-state index contributed by atoms with van der Waals surface area (Å²) >= 11 is 0. The van der Waals surface area contributed by atoms with Crippen LogP contribution in [0.5, 0.6) is 0 Å². The fourth-order valence-electron chi connectivity index (χ4n) is 2.91. The van der Waals surface area contributed by atoms with Gasteiger partial charge in [-0.3, -0.25) is 4.79 Å². The zero-order chi connectivity index (χ0) is 16.2. The van der Waals surface area contributed by atoms with Gasteiger partial charge >= 0.3 is 5.97 Å². The van der Waals surface area contributed by atoms with Gasteiger partial charge in [-0.2, -0.15) is 0 Å². The third-order valence-corrected chi connectivity index (χ3v) is 4.06. The molecule has 0 unspecified atom stereocenters. The second-order valence-electron chi connectivity index (χ2n) is 6.04. The maximum Gasteiger partial charge on any atom is 0.329 e. The van der Waals surface area contributed by atoms with Crippen LogP contribution >= 0.6 is 0 Å². The Labute approximate surface area is 130 Å². The third kappa shape index (κ3) is 4.07. The summed E-state index contributed by atoms with van der Waals surface area (Å²) in [7, 11) is 0. The van der Waals surface area contributed by atoms with Crippen LogP contribution in [0.1, 0.15) is 36.0 Å². The quantitative estimate of drug-likeness (QED) is 0.872. The number of carbonyl (C=O) groups is 2. The van der Waals surface area contributed by atoms with Crippen LogP contribution < -0.4 is 5.32 Å². The third-order valence-electron chi connectivity index (χ3n) is 4.06. The average Bonchev–Trinajstić information content (AvgIpc) is 2.45. The Morgan fingerprint density at radius 1 is 1.18 bits per heavy atom. The second kappa shape index (κ2) is 6.92. The minimum Gasteiger partial charge on any atom is -0.480 e. The second-order valence-corrected chi connectivity index (χ2v) is 6.04. The van der Waals surface area contributed by atoms with Crippen molar-refractivity contribution in [1.29, 1.82) is 0 Å². The molecule has 1 aliphatic heterocycles. The number of benzene rings is 1. The van der Waals surface area contributed by atoms with Gasteiger partial charge < -0.3 is 15.2 Å². The summed E-state index contributed by atoms with van der Waals surface area (Å²) in [6, 6.07) is 6.20. The van der Waals surface area contributed by atoms with Gasteiger partial charge in [0.15, 0.2) is 0 Å². The molecule has 0 atom stereocenters. The fourth-order valence-corrected chi connectivity index (χ4v) is 2.91. The number of nitrogens with one attached hydrogen (secondary N) is 1. The Bertz CT molecular complexity index is 542. The van der Waals surface area contributed by atoms with E-state index < -0.39 is 11.5 Å². The van der Waals surface area contributed by atoms with Gasteiger partial charge in [0.05, 0.1) is 0 Å². The molecule has 1 saturated heterocycles. The van der Waals surface area contributed by atoms with E-state index in [1.54, 1.807) is 0 Å². The number of carboxylic acid groups (broad SMARTS) is 1. The van der Waals surface area contributed by atoms with Crippen molar-refractivity contribution in [3.8, 4) is 0 Å². The van der Waals surface area contributed by atoms with Gasteiger partial charge in [-0.05, 0) is 25.8 Å². The molecule has 0 saturated carbocycles. The van der Waals surface area contributed by atoms with Crippen molar-refractivity contribution in [3.05, 3.63) is 34.9 Å². The predicted octanol–water partition coefficient (Wildman–Crippen LogP) is 1.99. The maximum absolute atomic E-state index is 12.1. The van der Waals surface area contributed by atoms with Crippen molar-refractivity contribution in [2.75, 3.05) is 13.2 Å². The molecule has 0 aliphatic carbocycles. The lowest BCUT2D eigenvalue weighted by Crippen LogP contribution is -2.57. The van der Waals surface area contributed by atoms with E-state index in [9.17, 15) is 14.7 Å². The molecule has 1 fully saturated rings. The molecular weight excluding hydrogens is 282 g/mol. The first-order valence-corrected chi connectivity index (χ1v) is 7.61. The van der Waals surface area contributed by atoms with E-state index >= 15 is 0 Å². The molecule has 0 spiro atoms. The Balaban J connectivity index is 1.95. The lowest BCUT2D eigenvalue weighted by atomic mass is 9.90. The molecule has 2 N–H and O–H groups in total. The zero-order valence-electron chi connectivity index (χ0n) is 13.1. The first-order chi connectivity index (χ1) is 10.4. The molecule has 22 heavy (non-hydrogen) atoms. The minimum atomic E-state index is -1.17. The molecular formula is C17H23NO4. The van der Waals surface area contributed by atoms with Crippen molar-refractivity contribution < 1.29 is 19.4 Å². The summed E-state index contributed by atoms with van der Waals surface area (Å²) in [6.45, 7) is 4.78. The van der Waals surface area contributed by atoms with Crippen molar-refractivity contribution >= 4 is 11.9 Å². The molecule has 1 aromatic carbocycles. The number of carbonyl (C=O) groups excluding carboxylic acids is 1. The summed E-state index contributed by atoms with van der Waals surface area (Å²) in [4.78, 5) is 23.7. The summed E-state index contributed by atoms with van der Waals surface area (Å²) < 4.78 is 5.20. The van der Waals surface area contributed by atoms with E-state index in [0.717, 1.165) is 5.56 Å². The van der Waals surface area contributed by atoms with Crippen LogP contribution in [-0.4, -0.2) is 35.7 Å². The van der Waals surface area contributed by atoms with E-state index in [4.69, 9.17) is 4.74 Å². The monoisotopic (exact) mass is 305 g/mol. The van der Waals surface area contributed by atoms with Crippen LogP contribution in [0.25, 0.3) is 0 Å². The molecule has 1 aliphatic rings. The Hall–Kier alpha value is -1.88. The summed E-state index contributed by atoms with van der Waals surface area (Å²) in [5.74, 6) is -1.20. The van der Waals surface area contributed by atoms with Crippen molar-refractivity contribution in [2.45, 2.75) is 45.1 Å². The Morgan fingerprint density at radius 3 is 2.32 bits per heavy atom. The lowest BCUT2D eigenvalue weighted by molar-refractivity contribution is -0.152. The highest BCUT2D eigenvalue weighted by molar-refractivity contribution is 5.87. The van der Waals surface area contributed by atoms with Crippen molar-refractivity contribution in [3.63, 3.8) is 0 Å². The van der Waals surface area contributed by atoms with Gasteiger partial charge in [-0.1, -0.05) is 29.3 Å². The number of ether oxygens (including phenoxy) is 1. The number of hydrogen-bond donors (Lipinski definition) is 2. The standard InChI is InChI=1S/C17H23NO4/c1-12-9-13(2)11-14(10-12)3-4-15(19)18-17(16(20)21)5-7-22-8-6-17/h9-11H,3-8H2,1-2H3,(H,18,19)(H,20,21). The number of amides is 1. The predicted molar refractivity (Wildman–Crippen MR) is 82.8 cm³/mol. The highest BCUT2D eigenvalue weighted by Gasteiger charge is 2.41. The van der Waals surface area contributed by atoms with Gasteiger partial charge in [0.25, 0.3) is 0 Å². The summed E-state index contributed by atoms with van der Waals surface area (Å²) in [5, 5.41) is 12.1. The van der Waals surface area contributed by atoms with E-state index in [1.807, 2.05) is 13.8 Å². The molecule has 120 valence electrons. The molecule has 0 bridgehead atoms. The highest BCUT2D eigenvalue weighted by Crippen LogP contribution is 2.21. The fraction of sp³-hybridized carbons (Fsp3) is 0.529. The van der Waals surface area contributed by atoms with Gasteiger partial charge in [0.1, 0.15) is 5.54 Å². The van der Waals surface area contributed by atoms with Gasteiger partial charge in [-0.15, -0.1) is 0 Å². The van der Waals surface area contributed by atoms with Gasteiger partial charge in [0.2, 0.25) is 5.91 Å². The van der Waals surface area contributed by atoms with Crippen LogP contribution in [0.4, 0.5) is 0 Å². The van der Waals surface area contributed by atoms with E-state index in [2.05, 4.69) is 23.5 Å². The van der Waals surface area contributed by atoms with Crippen LogP contribution in [0.2, 0.25) is 0 Å². The Morgan fingerprint density at radius 2 is 1.77 bits per heavy atom. The topological polar surface area (TPSA) is 75.6 Å². The van der Waals surface area contributed by atoms with Gasteiger partial charge in [-0.25, -0.2) is 4.79 Å². The first kappa shape index (κ1) is 16.5. The van der Waals surface area contributed by atoms with E-state index in [0.29, 0.717) is 38.9 Å². The molecule has 0 radical (unpaired) electrons. The molecule has 5 nitrogen and oxygen atoms in total. The average molecular weight is 305 g/mol. The Kier molecular flexibility index (Phi) is 5.19. The first-order valence-electron chi connectivity index (χ1n) is 7.61. The summed E-state index contributed by atoms with van der Waals surface area (Å²) in [6.07, 6.45) is 1.54. The molecule has 1 aromatic rings. The van der Waals surface area contributed by atoms with Crippen molar-refractivity contribution in [2.24, 2.45) is 0 Å². The summed E-state index contributed by atoms with van der Waals surface area (Å²) in [5.41, 5.74) is 2.27. The van der Waals surface area contributed by atoms with Crippen LogP contribution in [0, 0.1) is 13.8 Å².